The van der Waals surface area contributed by atoms with Gasteiger partial charge in [0, 0.05) is 19.5 Å². The fourth-order valence-corrected chi connectivity index (χ4v) is 1.26. The summed E-state index contributed by atoms with van der Waals surface area (Å²) in [6.07, 6.45) is 6.44. The average molecular weight is 191 g/mol. The molecule has 0 atom stereocenters. The molecule has 0 fully saturated rings. The van der Waals surface area contributed by atoms with Crippen molar-refractivity contribution >= 4 is 11.3 Å². The van der Waals surface area contributed by atoms with E-state index in [1.54, 1.807) is 23.1 Å². The summed E-state index contributed by atoms with van der Waals surface area (Å²) in [6, 6.07) is 0. The summed E-state index contributed by atoms with van der Waals surface area (Å²) in [4.78, 5) is 15.4. The fourth-order valence-electron chi connectivity index (χ4n) is 1.26. The summed E-state index contributed by atoms with van der Waals surface area (Å²) < 4.78 is 6.38. The van der Waals surface area contributed by atoms with E-state index in [1.165, 1.54) is 13.3 Å². The summed E-state index contributed by atoms with van der Waals surface area (Å²) in [7, 11) is 1.49. The van der Waals surface area contributed by atoms with Crippen molar-refractivity contribution in [1.29, 1.82) is 0 Å². The molecule has 2 aromatic heterocycles. The molecular formula is C9H9N3O2. The molecule has 14 heavy (non-hydrogen) atoms. The number of hydrogen-bond donors (Lipinski definition) is 0. The van der Waals surface area contributed by atoms with E-state index in [1.807, 2.05) is 0 Å². The minimum Gasteiger partial charge on any atom is -0.377 e. The number of fused-ring (bicyclic) bond motifs is 1. The lowest BCUT2D eigenvalue weighted by Crippen LogP contribution is -2.06. The van der Waals surface area contributed by atoms with Gasteiger partial charge in [-0.3, -0.25) is 9.78 Å². The van der Waals surface area contributed by atoms with Crippen molar-refractivity contribution < 1.29 is 9.53 Å². The van der Waals surface area contributed by atoms with E-state index >= 15 is 0 Å². The molecule has 72 valence electrons. The Morgan fingerprint density at radius 3 is 3.21 bits per heavy atom. The normalized spacial score (nSPS) is 10.6. The molecule has 0 unspecified atom stereocenters. The van der Waals surface area contributed by atoms with E-state index in [0.29, 0.717) is 11.1 Å². The highest BCUT2D eigenvalue weighted by atomic mass is 16.5. The van der Waals surface area contributed by atoms with E-state index in [2.05, 4.69) is 10.1 Å². The standard InChI is InChI=1S/C9H9N3O2/c1-14-6-9(13)7-4-11-12-3-2-10-5-8(7)12/h2-5H,6H2,1H3. The minimum atomic E-state index is -0.0875. The molecule has 0 aliphatic heterocycles. The third-order valence-electron chi connectivity index (χ3n) is 1.90. The van der Waals surface area contributed by atoms with Crippen molar-refractivity contribution in [2.45, 2.75) is 0 Å². The van der Waals surface area contributed by atoms with Gasteiger partial charge in [-0.2, -0.15) is 5.10 Å². The molecular weight excluding hydrogens is 182 g/mol. The van der Waals surface area contributed by atoms with Gasteiger partial charge in [0.25, 0.3) is 0 Å². The van der Waals surface area contributed by atoms with Gasteiger partial charge in [0.15, 0.2) is 5.78 Å². The highest BCUT2D eigenvalue weighted by Crippen LogP contribution is 2.09. The van der Waals surface area contributed by atoms with E-state index in [9.17, 15) is 4.79 Å². The predicted molar refractivity (Wildman–Crippen MR) is 49.2 cm³/mol. The number of carbonyl (C=O) groups excluding carboxylic acids is 1. The fraction of sp³-hybridized carbons (Fsp3) is 0.222. The van der Waals surface area contributed by atoms with Crippen LogP contribution in [0, 0.1) is 0 Å². The van der Waals surface area contributed by atoms with Crippen LogP contribution in [0.3, 0.4) is 0 Å². The minimum absolute atomic E-state index is 0.0657. The molecule has 0 saturated heterocycles. The number of carbonyl (C=O) groups is 1. The summed E-state index contributed by atoms with van der Waals surface area (Å²) in [5.41, 5.74) is 1.24. The zero-order valence-corrected chi connectivity index (χ0v) is 7.67. The van der Waals surface area contributed by atoms with E-state index in [4.69, 9.17) is 4.74 Å². The summed E-state index contributed by atoms with van der Waals surface area (Å²) in [5, 5.41) is 4.02. The van der Waals surface area contributed by atoms with E-state index in [-0.39, 0.29) is 12.4 Å². The third kappa shape index (κ3) is 1.38. The van der Waals surface area contributed by atoms with Gasteiger partial charge in [-0.25, -0.2) is 4.52 Å². The van der Waals surface area contributed by atoms with Crippen LogP contribution in [-0.4, -0.2) is 34.1 Å². The van der Waals surface area contributed by atoms with Gasteiger partial charge in [0.1, 0.15) is 6.61 Å². The quantitative estimate of drug-likeness (QED) is 0.665. The van der Waals surface area contributed by atoms with Gasteiger partial charge >= 0.3 is 0 Å². The average Bonchev–Trinajstić information content (AvgIpc) is 2.61. The molecule has 0 bridgehead atoms. The maximum Gasteiger partial charge on any atom is 0.192 e. The molecule has 0 amide bonds. The molecule has 0 aromatic carbocycles. The summed E-state index contributed by atoms with van der Waals surface area (Å²) in [6.45, 7) is 0.0657. The van der Waals surface area contributed by atoms with Gasteiger partial charge in [0.05, 0.1) is 23.5 Å². The van der Waals surface area contributed by atoms with Crippen molar-refractivity contribution in [3.8, 4) is 0 Å². The maximum absolute atomic E-state index is 11.5. The summed E-state index contributed by atoms with van der Waals surface area (Å²) >= 11 is 0. The SMILES string of the molecule is COCC(=O)c1cnn2ccncc12. The van der Waals surface area contributed by atoms with Gasteiger partial charge in [-0.05, 0) is 0 Å². The number of ether oxygens (including phenoxy) is 1. The first-order valence-corrected chi connectivity index (χ1v) is 4.12. The van der Waals surface area contributed by atoms with Crippen LogP contribution in [0.15, 0.2) is 24.8 Å². The second-order valence-electron chi connectivity index (χ2n) is 2.82. The Morgan fingerprint density at radius 1 is 1.57 bits per heavy atom. The van der Waals surface area contributed by atoms with E-state index < -0.39 is 0 Å². The highest BCUT2D eigenvalue weighted by molar-refractivity contribution is 6.02. The predicted octanol–water partition coefficient (Wildman–Crippen LogP) is 0.558. The Bertz CT molecular complexity index is 464. The number of Topliss-reactive ketones (excluding diaryl/α,β-unsaturated/α-hetero) is 1. The van der Waals surface area contributed by atoms with Crippen LogP contribution in [0.1, 0.15) is 10.4 Å². The first-order valence-electron chi connectivity index (χ1n) is 4.12. The zero-order chi connectivity index (χ0) is 9.97. The molecule has 5 heteroatoms. The number of hydrogen-bond acceptors (Lipinski definition) is 4. The third-order valence-corrected chi connectivity index (χ3v) is 1.90. The maximum atomic E-state index is 11.5. The molecule has 2 heterocycles. The molecule has 0 radical (unpaired) electrons. The topological polar surface area (TPSA) is 56.5 Å². The van der Waals surface area contributed by atoms with Crippen LogP contribution in [-0.2, 0) is 4.74 Å². The number of methoxy groups -OCH3 is 1. The van der Waals surface area contributed by atoms with Crippen LogP contribution in [0.2, 0.25) is 0 Å². The smallest absolute Gasteiger partial charge is 0.192 e. The van der Waals surface area contributed by atoms with Gasteiger partial charge in [0.2, 0.25) is 0 Å². The Kier molecular flexibility index (Phi) is 2.24. The molecule has 5 nitrogen and oxygen atoms in total. The second kappa shape index (κ2) is 3.55. The van der Waals surface area contributed by atoms with E-state index in [0.717, 1.165) is 0 Å². The number of nitrogens with zero attached hydrogens (tertiary/aromatic N) is 3. The van der Waals surface area contributed by atoms with Crippen molar-refractivity contribution in [2.24, 2.45) is 0 Å². The van der Waals surface area contributed by atoms with Gasteiger partial charge in [-0.15, -0.1) is 0 Å². The molecule has 0 spiro atoms. The number of aromatic nitrogens is 3. The molecule has 2 rings (SSSR count). The van der Waals surface area contributed by atoms with Crippen molar-refractivity contribution in [3.05, 3.63) is 30.4 Å². The second-order valence-corrected chi connectivity index (χ2v) is 2.82. The Balaban J connectivity index is 2.47. The first kappa shape index (κ1) is 8.83. The number of ketones is 1. The monoisotopic (exact) mass is 191 g/mol. The Hall–Kier alpha value is -1.75. The molecule has 0 N–H and O–H groups in total. The van der Waals surface area contributed by atoms with Crippen molar-refractivity contribution in [2.75, 3.05) is 13.7 Å². The first-order chi connectivity index (χ1) is 6.83. The highest BCUT2D eigenvalue weighted by Gasteiger charge is 2.11. The summed E-state index contributed by atoms with van der Waals surface area (Å²) in [5.74, 6) is -0.0875. The van der Waals surface area contributed by atoms with Crippen molar-refractivity contribution in [1.82, 2.24) is 14.6 Å². The van der Waals surface area contributed by atoms with Crippen LogP contribution < -0.4 is 0 Å². The molecule has 0 aliphatic rings. The van der Waals surface area contributed by atoms with Gasteiger partial charge in [-0.1, -0.05) is 0 Å². The van der Waals surface area contributed by atoms with Crippen LogP contribution >= 0.6 is 0 Å². The lowest BCUT2D eigenvalue weighted by molar-refractivity contribution is 0.0849. The largest absolute Gasteiger partial charge is 0.377 e. The lowest BCUT2D eigenvalue weighted by Gasteiger charge is -1.96. The van der Waals surface area contributed by atoms with Crippen LogP contribution in [0.4, 0.5) is 0 Å². The Morgan fingerprint density at radius 2 is 2.43 bits per heavy atom. The molecule has 2 aromatic rings. The molecule has 0 aliphatic carbocycles. The number of rotatable bonds is 3. The molecule has 0 saturated carbocycles. The Labute approximate surface area is 80.3 Å². The van der Waals surface area contributed by atoms with Crippen molar-refractivity contribution in [3.63, 3.8) is 0 Å². The van der Waals surface area contributed by atoms with Gasteiger partial charge < -0.3 is 4.74 Å². The van der Waals surface area contributed by atoms with Crippen LogP contribution in [0.5, 0.6) is 0 Å². The zero-order valence-electron chi connectivity index (χ0n) is 7.67. The lowest BCUT2D eigenvalue weighted by atomic mass is 10.2. The van der Waals surface area contributed by atoms with Crippen LogP contribution in [0.25, 0.3) is 5.52 Å².